The van der Waals surface area contributed by atoms with Crippen LogP contribution >= 0.6 is 24.8 Å². The van der Waals surface area contributed by atoms with Crippen LogP contribution in [0.25, 0.3) is 11.1 Å². The Kier molecular flexibility index (Phi) is 6.59. The fraction of sp³-hybridized carbons (Fsp3) is 0.294. The summed E-state index contributed by atoms with van der Waals surface area (Å²) in [5, 5.41) is 11.2. The van der Waals surface area contributed by atoms with Gasteiger partial charge in [0.05, 0.1) is 0 Å². The summed E-state index contributed by atoms with van der Waals surface area (Å²) in [6.45, 7) is 0.115. The van der Waals surface area contributed by atoms with Crippen LogP contribution in [0, 0.1) is 0 Å². The van der Waals surface area contributed by atoms with E-state index in [0.717, 1.165) is 0 Å². The Hall–Kier alpha value is -0.289. The van der Waals surface area contributed by atoms with Gasteiger partial charge in [0.2, 0.25) is 0 Å². The van der Waals surface area contributed by atoms with E-state index in [1.165, 1.54) is 22.3 Å². The summed E-state index contributed by atoms with van der Waals surface area (Å²) in [6, 6.07) is 16.7. The number of aliphatic hydroxyl groups excluding tert-OH is 1. The van der Waals surface area contributed by atoms with E-state index < -0.39 is 14.0 Å². The number of aliphatic hydroxyl groups is 1. The number of halogens is 2. The molecule has 125 valence electrons. The Morgan fingerprint density at radius 1 is 1.00 bits per heavy atom. The van der Waals surface area contributed by atoms with Crippen LogP contribution in [0.5, 0.6) is 0 Å². The molecule has 0 unspecified atom stereocenters. The SMILES string of the molecule is Cl.Cl.[CH3][Ti](=[O])(=[SiH2])([CH2]CCO)[CH]1c2ccccc2-c2ccccc21. The summed E-state index contributed by atoms with van der Waals surface area (Å²) in [7, 11) is 1.73. The fourth-order valence-electron chi connectivity index (χ4n) is 3.73. The van der Waals surface area contributed by atoms with Gasteiger partial charge in [-0.2, -0.15) is 0 Å². The van der Waals surface area contributed by atoms with Gasteiger partial charge in [-0.1, -0.05) is 0 Å². The first-order chi connectivity index (χ1) is 9.92. The number of rotatable bonds is 4. The monoisotopic (exact) mass is 405 g/mol. The molecule has 1 aliphatic carbocycles. The van der Waals surface area contributed by atoms with Gasteiger partial charge >= 0.3 is 128 Å². The van der Waals surface area contributed by atoms with Crippen molar-refractivity contribution in [1.82, 2.24) is 0 Å². The normalized spacial score (nSPS) is 13.5. The first-order valence-corrected chi connectivity index (χ1v) is 15.7. The molecule has 0 heterocycles. The van der Waals surface area contributed by atoms with Crippen molar-refractivity contribution in [3.63, 3.8) is 0 Å². The minimum absolute atomic E-state index is 0. The van der Waals surface area contributed by atoms with Crippen LogP contribution in [0.4, 0.5) is 0 Å². The molecule has 0 spiro atoms. The summed E-state index contributed by atoms with van der Waals surface area (Å²) < 4.78 is 14.5. The molecular formula is C17H23Cl2O2SiTi. The summed E-state index contributed by atoms with van der Waals surface area (Å²) in [6.07, 6.45) is 0.627. The van der Waals surface area contributed by atoms with Crippen molar-refractivity contribution in [1.29, 1.82) is 0 Å². The Morgan fingerprint density at radius 2 is 1.43 bits per heavy atom. The predicted molar refractivity (Wildman–Crippen MR) is 99.8 cm³/mol. The van der Waals surface area contributed by atoms with E-state index in [2.05, 4.69) is 24.3 Å². The molecule has 0 bridgehead atoms. The Labute approximate surface area is 152 Å². The third kappa shape index (κ3) is 3.71. The van der Waals surface area contributed by atoms with Crippen LogP contribution in [0.15, 0.2) is 48.5 Å². The van der Waals surface area contributed by atoms with E-state index in [1.807, 2.05) is 29.5 Å². The van der Waals surface area contributed by atoms with Crippen LogP contribution < -0.4 is 0 Å². The molecule has 0 radical (unpaired) electrons. The first-order valence-electron chi connectivity index (χ1n) is 7.50. The number of hydrogen-bond acceptors (Lipinski definition) is 2. The van der Waals surface area contributed by atoms with E-state index >= 15 is 0 Å². The minimum atomic E-state index is -3.93. The molecule has 2 aromatic rings. The summed E-state index contributed by atoms with van der Waals surface area (Å²) in [5.74, 6) is 0. The molecular weight excluding hydrogens is 383 g/mol. The average Bonchev–Trinajstić information content (AvgIpc) is 2.80. The number of benzene rings is 2. The van der Waals surface area contributed by atoms with Gasteiger partial charge in [-0.3, -0.25) is 0 Å². The van der Waals surface area contributed by atoms with E-state index in [1.54, 1.807) is 7.63 Å². The van der Waals surface area contributed by atoms with E-state index in [4.69, 9.17) is 0 Å². The van der Waals surface area contributed by atoms with Crippen molar-refractivity contribution in [2.24, 2.45) is 0 Å². The first kappa shape index (κ1) is 20.8. The van der Waals surface area contributed by atoms with Crippen LogP contribution in [0.1, 0.15) is 21.8 Å². The van der Waals surface area contributed by atoms with Gasteiger partial charge in [0.15, 0.2) is 0 Å². The van der Waals surface area contributed by atoms with Gasteiger partial charge < -0.3 is 0 Å². The molecule has 0 aliphatic heterocycles. The van der Waals surface area contributed by atoms with E-state index in [-0.39, 0.29) is 35.6 Å². The number of fused-ring (bicyclic) bond motifs is 3. The van der Waals surface area contributed by atoms with Crippen molar-refractivity contribution in [3.8, 4) is 11.1 Å². The third-order valence-electron chi connectivity index (χ3n) is 4.66. The zero-order valence-electron chi connectivity index (χ0n) is 13.2. The fourth-order valence-corrected chi connectivity index (χ4v) is 12.3. The van der Waals surface area contributed by atoms with Crippen LogP contribution in [0.3, 0.4) is 0 Å². The average molecular weight is 406 g/mol. The third-order valence-corrected chi connectivity index (χ3v) is 14.0. The molecule has 23 heavy (non-hydrogen) atoms. The molecule has 0 saturated carbocycles. The van der Waals surface area contributed by atoms with Gasteiger partial charge in [-0.15, -0.1) is 24.8 Å². The summed E-state index contributed by atoms with van der Waals surface area (Å²) in [4.78, 5) is 0. The van der Waals surface area contributed by atoms with Crippen molar-refractivity contribution in [3.05, 3.63) is 59.7 Å². The van der Waals surface area contributed by atoms with Gasteiger partial charge in [-0.05, 0) is 0 Å². The molecule has 1 N–H and O–H groups in total. The Bertz CT molecular complexity index is 784. The molecule has 6 heteroatoms. The molecule has 0 aromatic heterocycles. The topological polar surface area (TPSA) is 37.3 Å². The Morgan fingerprint density at radius 3 is 1.87 bits per heavy atom. The van der Waals surface area contributed by atoms with E-state index in [0.29, 0.717) is 11.1 Å². The van der Waals surface area contributed by atoms with Crippen molar-refractivity contribution in [2.45, 2.75) is 20.6 Å². The van der Waals surface area contributed by atoms with E-state index in [9.17, 15) is 8.43 Å². The van der Waals surface area contributed by atoms with Crippen LogP contribution in [0.2, 0.25) is 9.95 Å². The van der Waals surface area contributed by atoms with Crippen molar-refractivity contribution in [2.75, 3.05) is 6.61 Å². The molecule has 2 aromatic carbocycles. The molecule has 1 aliphatic rings. The summed E-state index contributed by atoms with van der Waals surface area (Å²) >= 11 is -3.93. The predicted octanol–water partition coefficient (Wildman–Crippen LogP) is 4.03. The Balaban J connectivity index is 0.00000132. The standard InChI is InChI=1S/C13H9.C3H7O.CH3.2ClH.O.H2Si.Ti/c1-3-7-12-10(5-1)9-11-6-2-4-8-13(11)12;1-2-3-4;;;;;;/h1-9H;4H,1-3H2;1H3;2*1H;;1H2;. The quantitative estimate of drug-likeness (QED) is 0.779. The second-order valence-corrected chi connectivity index (χ2v) is 23.3. The second-order valence-electron chi connectivity index (χ2n) is 6.70. The van der Waals surface area contributed by atoms with Gasteiger partial charge in [0.25, 0.3) is 0 Å². The number of hydrogen-bond donors (Lipinski definition) is 1. The maximum atomic E-state index is 13.9. The zero-order valence-corrected chi connectivity index (χ0v) is 17.8. The van der Waals surface area contributed by atoms with Crippen molar-refractivity contribution >= 4 is 32.4 Å². The van der Waals surface area contributed by atoms with Gasteiger partial charge in [0.1, 0.15) is 0 Å². The molecule has 0 saturated heterocycles. The van der Waals surface area contributed by atoms with Gasteiger partial charge in [-0.25, -0.2) is 0 Å². The second kappa shape index (κ2) is 7.30. The van der Waals surface area contributed by atoms with Crippen LogP contribution in [-0.4, -0.2) is 19.3 Å². The van der Waals surface area contributed by atoms with Crippen LogP contribution in [-0.2, 0) is 17.3 Å². The zero-order chi connectivity index (χ0) is 15.1. The molecule has 0 fully saturated rings. The van der Waals surface area contributed by atoms with Crippen molar-refractivity contribution < 1.29 is 22.4 Å². The molecule has 2 nitrogen and oxygen atoms in total. The summed E-state index contributed by atoms with van der Waals surface area (Å²) in [5.41, 5.74) is 4.87. The molecule has 0 atom stereocenters. The molecule has 3 rings (SSSR count). The molecule has 0 amide bonds. The maximum absolute atomic E-state index is 13.9. The van der Waals surface area contributed by atoms with Gasteiger partial charge in [0, 0.05) is 0 Å².